The first-order valence-electron chi connectivity index (χ1n) is 9.62. The average molecular weight is 375 g/mol. The van der Waals surface area contributed by atoms with Crippen molar-refractivity contribution in [2.24, 2.45) is 0 Å². The normalized spacial score (nSPS) is 18.3. The number of hydrogen-bond donors (Lipinski definition) is 1. The third kappa shape index (κ3) is 4.18. The molecule has 6 nitrogen and oxygen atoms in total. The van der Waals surface area contributed by atoms with E-state index in [2.05, 4.69) is 50.9 Å². The van der Waals surface area contributed by atoms with Gasteiger partial charge in [0.15, 0.2) is 0 Å². The molecule has 3 heterocycles. The quantitative estimate of drug-likeness (QED) is 0.759. The third-order valence-electron chi connectivity index (χ3n) is 5.37. The van der Waals surface area contributed by atoms with E-state index in [1.807, 2.05) is 24.3 Å². The van der Waals surface area contributed by atoms with Gasteiger partial charge in [-0.05, 0) is 37.7 Å². The van der Waals surface area contributed by atoms with E-state index in [0.717, 1.165) is 37.3 Å². The summed E-state index contributed by atoms with van der Waals surface area (Å²) in [7, 11) is 2.18. The molecule has 0 aliphatic carbocycles. The number of nitrogens with zero attached hydrogens (tertiary/aromatic N) is 4. The first-order chi connectivity index (χ1) is 13.6. The number of benzene rings is 1. The molecule has 0 saturated carbocycles. The van der Waals surface area contributed by atoms with Crippen molar-refractivity contribution in [3.8, 4) is 22.6 Å². The van der Waals surface area contributed by atoms with Crippen molar-refractivity contribution in [3.63, 3.8) is 0 Å². The van der Waals surface area contributed by atoms with Crippen molar-refractivity contribution in [2.75, 3.05) is 26.7 Å². The van der Waals surface area contributed by atoms with Crippen LogP contribution in [0.15, 0.2) is 59.7 Å². The van der Waals surface area contributed by atoms with Gasteiger partial charge in [-0.1, -0.05) is 18.2 Å². The van der Waals surface area contributed by atoms with Crippen LogP contribution in [-0.2, 0) is 6.54 Å². The van der Waals surface area contributed by atoms with Crippen molar-refractivity contribution < 1.29 is 0 Å². The first kappa shape index (κ1) is 18.5. The lowest BCUT2D eigenvalue weighted by Gasteiger charge is -2.37. The minimum Gasteiger partial charge on any atom is -0.306 e. The monoisotopic (exact) mass is 375 g/mol. The Hall–Kier alpha value is -2.83. The molecule has 144 valence electrons. The Morgan fingerprint density at radius 2 is 1.93 bits per heavy atom. The second kappa shape index (κ2) is 8.04. The SMILES string of the molecule is CC1CN(Cc2cccc(-c3nc(-c4ccncc4)cc(=O)[nH]3)c2)CCN1C. The number of nitrogens with one attached hydrogen (secondary N) is 1. The number of H-pyrrole nitrogens is 1. The van der Waals surface area contributed by atoms with Crippen LogP contribution >= 0.6 is 0 Å². The zero-order valence-corrected chi connectivity index (χ0v) is 16.3. The van der Waals surface area contributed by atoms with E-state index < -0.39 is 0 Å². The van der Waals surface area contributed by atoms with Crippen LogP contribution in [0.3, 0.4) is 0 Å². The molecule has 4 rings (SSSR count). The predicted molar refractivity (Wildman–Crippen MR) is 111 cm³/mol. The number of aromatic nitrogens is 3. The summed E-state index contributed by atoms with van der Waals surface area (Å²) in [6, 6.07) is 14.1. The summed E-state index contributed by atoms with van der Waals surface area (Å²) in [5, 5.41) is 0. The molecule has 1 atom stereocenters. The summed E-state index contributed by atoms with van der Waals surface area (Å²) in [5.74, 6) is 0.591. The standard InChI is InChI=1S/C22H25N5O/c1-16-14-27(11-10-26(16)2)15-17-4-3-5-19(12-17)22-24-20(13-21(28)25-22)18-6-8-23-9-7-18/h3-9,12-13,16H,10-11,14-15H2,1-2H3,(H,24,25,28). The number of rotatable bonds is 4. The van der Waals surface area contributed by atoms with Crippen molar-refractivity contribution >= 4 is 0 Å². The highest BCUT2D eigenvalue weighted by Crippen LogP contribution is 2.21. The third-order valence-corrected chi connectivity index (χ3v) is 5.37. The summed E-state index contributed by atoms with van der Waals surface area (Å²) in [6.45, 7) is 6.39. The Balaban J connectivity index is 1.59. The zero-order chi connectivity index (χ0) is 19.5. The van der Waals surface area contributed by atoms with Gasteiger partial charge in [0, 0.05) is 61.8 Å². The highest BCUT2D eigenvalue weighted by Gasteiger charge is 2.20. The molecule has 28 heavy (non-hydrogen) atoms. The Kier molecular flexibility index (Phi) is 5.32. The van der Waals surface area contributed by atoms with Crippen LogP contribution in [0.2, 0.25) is 0 Å². The molecule has 1 fully saturated rings. The van der Waals surface area contributed by atoms with Crippen molar-refractivity contribution in [2.45, 2.75) is 19.5 Å². The van der Waals surface area contributed by atoms with E-state index in [1.165, 1.54) is 11.6 Å². The van der Waals surface area contributed by atoms with Gasteiger partial charge < -0.3 is 9.88 Å². The lowest BCUT2D eigenvalue weighted by atomic mass is 10.1. The largest absolute Gasteiger partial charge is 0.306 e. The molecule has 0 amide bonds. The van der Waals surface area contributed by atoms with Gasteiger partial charge in [0.1, 0.15) is 5.82 Å². The lowest BCUT2D eigenvalue weighted by molar-refractivity contribution is 0.1000. The maximum absolute atomic E-state index is 12.2. The highest BCUT2D eigenvalue weighted by atomic mass is 16.1. The van der Waals surface area contributed by atoms with Crippen molar-refractivity contribution in [1.29, 1.82) is 0 Å². The van der Waals surface area contributed by atoms with Gasteiger partial charge in [-0.3, -0.25) is 14.7 Å². The van der Waals surface area contributed by atoms with E-state index >= 15 is 0 Å². The maximum atomic E-state index is 12.2. The Labute approximate surface area is 164 Å². The Morgan fingerprint density at radius 3 is 2.71 bits per heavy atom. The summed E-state index contributed by atoms with van der Waals surface area (Å²) < 4.78 is 0. The first-order valence-corrected chi connectivity index (χ1v) is 9.62. The van der Waals surface area contributed by atoms with E-state index in [9.17, 15) is 4.79 Å². The smallest absolute Gasteiger partial charge is 0.251 e. The molecule has 6 heteroatoms. The van der Waals surface area contributed by atoms with Gasteiger partial charge in [0.25, 0.3) is 5.56 Å². The fraction of sp³-hybridized carbons (Fsp3) is 0.318. The van der Waals surface area contributed by atoms with E-state index in [-0.39, 0.29) is 5.56 Å². The molecular weight excluding hydrogens is 350 g/mol. The molecule has 1 aliphatic heterocycles. The number of hydrogen-bond acceptors (Lipinski definition) is 5. The maximum Gasteiger partial charge on any atom is 0.251 e. The Morgan fingerprint density at radius 1 is 1.11 bits per heavy atom. The summed E-state index contributed by atoms with van der Waals surface area (Å²) in [6.07, 6.45) is 3.41. The van der Waals surface area contributed by atoms with Crippen LogP contribution in [0, 0.1) is 0 Å². The minimum atomic E-state index is -0.157. The summed E-state index contributed by atoms with van der Waals surface area (Å²) in [4.78, 5) is 28.7. The van der Waals surface area contributed by atoms with Gasteiger partial charge in [-0.15, -0.1) is 0 Å². The van der Waals surface area contributed by atoms with Crippen LogP contribution < -0.4 is 5.56 Å². The van der Waals surface area contributed by atoms with Gasteiger partial charge in [-0.2, -0.15) is 0 Å². The molecule has 3 aromatic rings. The van der Waals surface area contributed by atoms with Crippen LogP contribution in [0.1, 0.15) is 12.5 Å². The molecular formula is C22H25N5O. The average Bonchev–Trinajstić information content (AvgIpc) is 2.71. The molecule has 0 spiro atoms. The fourth-order valence-corrected chi connectivity index (χ4v) is 3.61. The number of likely N-dealkylation sites (N-methyl/N-ethyl adjacent to an activating group) is 1. The Bertz CT molecular complexity index is 1000. The molecule has 1 aliphatic rings. The number of piperazine rings is 1. The molecule has 1 saturated heterocycles. The minimum absolute atomic E-state index is 0.157. The topological polar surface area (TPSA) is 65.1 Å². The molecule has 1 N–H and O–H groups in total. The number of aromatic amines is 1. The van der Waals surface area contributed by atoms with Crippen molar-refractivity contribution in [3.05, 3.63) is 70.8 Å². The highest BCUT2D eigenvalue weighted by molar-refractivity contribution is 5.63. The van der Waals surface area contributed by atoms with Crippen molar-refractivity contribution in [1.82, 2.24) is 24.8 Å². The summed E-state index contributed by atoms with van der Waals surface area (Å²) >= 11 is 0. The summed E-state index contributed by atoms with van der Waals surface area (Å²) in [5.41, 5.74) is 3.53. The molecule has 1 unspecified atom stereocenters. The van der Waals surface area contributed by atoms with Crippen LogP contribution in [0.25, 0.3) is 22.6 Å². The van der Waals surface area contributed by atoms with Gasteiger partial charge in [-0.25, -0.2) is 4.98 Å². The predicted octanol–water partition coefficient (Wildman–Crippen LogP) is 2.63. The zero-order valence-electron chi connectivity index (χ0n) is 16.3. The van der Waals surface area contributed by atoms with Crippen LogP contribution in [0.4, 0.5) is 0 Å². The fourth-order valence-electron chi connectivity index (χ4n) is 3.61. The second-order valence-electron chi connectivity index (χ2n) is 7.48. The molecule has 0 radical (unpaired) electrons. The molecule has 0 bridgehead atoms. The molecule has 1 aromatic carbocycles. The van der Waals surface area contributed by atoms with Crippen LogP contribution in [0.5, 0.6) is 0 Å². The van der Waals surface area contributed by atoms with Crippen LogP contribution in [-0.4, -0.2) is 57.5 Å². The van der Waals surface area contributed by atoms with Gasteiger partial charge in [0.05, 0.1) is 5.69 Å². The molecule has 2 aromatic heterocycles. The van der Waals surface area contributed by atoms with E-state index in [0.29, 0.717) is 17.6 Å². The second-order valence-corrected chi connectivity index (χ2v) is 7.48. The number of pyridine rings is 1. The van der Waals surface area contributed by atoms with Gasteiger partial charge in [0.2, 0.25) is 0 Å². The van der Waals surface area contributed by atoms with E-state index in [1.54, 1.807) is 12.4 Å². The van der Waals surface area contributed by atoms with Gasteiger partial charge >= 0.3 is 0 Å². The lowest BCUT2D eigenvalue weighted by Crippen LogP contribution is -2.49. The van der Waals surface area contributed by atoms with E-state index in [4.69, 9.17) is 0 Å².